The van der Waals surface area contributed by atoms with Crippen LogP contribution in [-0.4, -0.2) is 37.5 Å². The molecule has 1 aromatic heterocycles. The van der Waals surface area contributed by atoms with Crippen LogP contribution in [0.25, 0.3) is 0 Å². The van der Waals surface area contributed by atoms with Crippen molar-refractivity contribution in [1.29, 1.82) is 0 Å². The lowest BCUT2D eigenvalue weighted by Crippen LogP contribution is -2.55. The first-order chi connectivity index (χ1) is 9.04. The molecular weight excluding hydrogens is 328 g/mol. The number of β-amino-alcohol motifs (C(OH)–C–C–N with tert-alkyl or cyclic N) is 1. The van der Waals surface area contributed by atoms with E-state index in [2.05, 4.69) is 26.2 Å². The predicted octanol–water partition coefficient (Wildman–Crippen LogP) is 1.11. The zero-order valence-corrected chi connectivity index (χ0v) is 13.8. The highest BCUT2D eigenvalue weighted by Crippen LogP contribution is 2.29. The molecule has 0 fully saturated rings. The van der Waals surface area contributed by atoms with Crippen LogP contribution in [0.2, 0.25) is 0 Å². The number of imidazole rings is 1. The second-order valence-electron chi connectivity index (χ2n) is 5.83. The molecule has 0 radical (unpaired) electrons. The molecule has 0 amide bonds. The number of halogens is 1. The smallest absolute Gasteiger partial charge is 0.387 e. The maximum absolute atomic E-state index is 10.8. The van der Waals surface area contributed by atoms with Gasteiger partial charge >= 0.3 is 5.95 Å². The largest absolute Gasteiger partial charge is 0.577 e. The first kappa shape index (κ1) is 17.1. The normalized spacial score (nSPS) is 14.3. The van der Waals surface area contributed by atoms with Gasteiger partial charge in [-0.25, -0.2) is 0 Å². The Balaban J connectivity index is 2.59. The van der Waals surface area contributed by atoms with Crippen molar-refractivity contribution < 1.29 is 14.6 Å². The number of hydrogen-bond donors (Lipinski definition) is 3. The molecule has 1 unspecified atom stereocenters. The minimum absolute atomic E-state index is 0.135. The molecule has 0 saturated heterocycles. The third-order valence-corrected chi connectivity index (χ3v) is 4.58. The number of alkyl halides is 1. The number of H-pyrrole nitrogens is 1. The standard InChI is InChI=1S/C12H21BrN4O3/c1-11(2,13)12(3,4)15-7-9(18)8-16-6-5-14-10(16)17(19)20/h5-6,9,15,18H,7-8H2,1-4H3/p+1. The first-order valence-corrected chi connectivity index (χ1v) is 7.17. The Kier molecular flexibility index (Phi) is 5.28. The molecule has 114 valence electrons. The van der Waals surface area contributed by atoms with Crippen LogP contribution < -0.4 is 9.88 Å². The summed E-state index contributed by atoms with van der Waals surface area (Å²) in [6, 6.07) is 0. The third-order valence-electron chi connectivity index (χ3n) is 3.59. The van der Waals surface area contributed by atoms with Crippen LogP contribution in [0.4, 0.5) is 5.95 Å². The van der Waals surface area contributed by atoms with Crippen molar-refractivity contribution in [2.45, 2.75) is 50.2 Å². The van der Waals surface area contributed by atoms with Gasteiger partial charge < -0.3 is 20.5 Å². The van der Waals surface area contributed by atoms with Crippen molar-refractivity contribution in [2.24, 2.45) is 0 Å². The Labute approximate surface area is 126 Å². The molecule has 0 aliphatic rings. The van der Waals surface area contributed by atoms with E-state index in [4.69, 9.17) is 0 Å². The Morgan fingerprint density at radius 1 is 1.55 bits per heavy atom. The number of aliphatic hydroxyl groups is 1. The molecule has 0 aliphatic heterocycles. The molecule has 1 aromatic rings. The number of nitro groups is 1. The lowest BCUT2D eigenvalue weighted by molar-refractivity contribution is -0.740. The maximum Gasteiger partial charge on any atom is 0.577 e. The quantitative estimate of drug-likeness (QED) is 0.297. The van der Waals surface area contributed by atoms with Gasteiger partial charge in [-0.1, -0.05) is 15.9 Å². The Hall–Kier alpha value is -0.990. The molecule has 0 bridgehead atoms. The number of hydrogen-bond acceptors (Lipinski definition) is 4. The van der Waals surface area contributed by atoms with Gasteiger partial charge in [-0.15, -0.1) is 4.57 Å². The minimum atomic E-state index is -0.719. The molecule has 1 heterocycles. The fourth-order valence-corrected chi connectivity index (χ4v) is 1.68. The summed E-state index contributed by atoms with van der Waals surface area (Å²) in [5.74, 6) is -0.135. The van der Waals surface area contributed by atoms with Crippen molar-refractivity contribution in [1.82, 2.24) is 10.3 Å². The Bertz CT molecular complexity index is 468. The van der Waals surface area contributed by atoms with Gasteiger partial charge in [0.1, 0.15) is 12.6 Å². The van der Waals surface area contributed by atoms with Crippen molar-refractivity contribution in [3.05, 3.63) is 22.5 Å². The van der Waals surface area contributed by atoms with E-state index in [0.717, 1.165) is 0 Å². The SMILES string of the molecule is CC(C)(Br)C(C)(C)NCC(O)C[n+]1cc[nH]c1[N+](=O)[O-]. The van der Waals surface area contributed by atoms with Crippen LogP contribution in [0.1, 0.15) is 27.7 Å². The molecule has 0 spiro atoms. The average Bonchev–Trinajstić information content (AvgIpc) is 2.73. The highest BCUT2D eigenvalue weighted by Gasteiger charge is 2.35. The van der Waals surface area contributed by atoms with Gasteiger partial charge in [-0.3, -0.25) is 0 Å². The molecule has 20 heavy (non-hydrogen) atoms. The first-order valence-electron chi connectivity index (χ1n) is 6.38. The topological polar surface area (TPSA) is 95.1 Å². The van der Waals surface area contributed by atoms with Crippen molar-refractivity contribution in [3.63, 3.8) is 0 Å². The lowest BCUT2D eigenvalue weighted by Gasteiger charge is -2.38. The van der Waals surface area contributed by atoms with E-state index in [-0.39, 0.29) is 22.4 Å². The van der Waals surface area contributed by atoms with E-state index in [9.17, 15) is 15.2 Å². The highest BCUT2D eigenvalue weighted by atomic mass is 79.9. The fourth-order valence-electron chi connectivity index (χ4n) is 1.53. The summed E-state index contributed by atoms with van der Waals surface area (Å²) in [7, 11) is 0. The molecule has 1 rings (SSSR count). The van der Waals surface area contributed by atoms with Crippen molar-refractivity contribution >= 4 is 21.9 Å². The van der Waals surface area contributed by atoms with Crippen LogP contribution in [0.15, 0.2) is 12.4 Å². The van der Waals surface area contributed by atoms with E-state index in [1.165, 1.54) is 10.8 Å². The Morgan fingerprint density at radius 2 is 2.15 bits per heavy atom. The minimum Gasteiger partial charge on any atom is -0.387 e. The van der Waals surface area contributed by atoms with Crippen molar-refractivity contribution in [3.8, 4) is 0 Å². The predicted molar refractivity (Wildman–Crippen MR) is 78.7 cm³/mol. The highest BCUT2D eigenvalue weighted by molar-refractivity contribution is 9.10. The summed E-state index contributed by atoms with van der Waals surface area (Å²) in [5.41, 5.74) is -0.233. The second-order valence-corrected chi connectivity index (χ2v) is 7.81. The maximum atomic E-state index is 10.8. The lowest BCUT2D eigenvalue weighted by atomic mass is 9.90. The number of aliphatic hydroxyl groups excluding tert-OH is 1. The molecule has 3 N–H and O–H groups in total. The number of nitrogens with zero attached hydrogens (tertiary/aromatic N) is 2. The van der Waals surface area contributed by atoms with Gasteiger partial charge in [-0.2, -0.15) is 4.98 Å². The zero-order chi connectivity index (χ0) is 15.6. The van der Waals surface area contributed by atoms with Crippen LogP contribution in [0.5, 0.6) is 0 Å². The van der Waals surface area contributed by atoms with Crippen LogP contribution >= 0.6 is 15.9 Å². The summed E-state index contributed by atoms with van der Waals surface area (Å²) in [6.07, 6.45) is 2.30. The third kappa shape index (κ3) is 4.26. The Morgan fingerprint density at radius 3 is 2.65 bits per heavy atom. The fraction of sp³-hybridized carbons (Fsp3) is 0.750. The molecule has 1 atom stereocenters. The number of rotatable bonds is 7. The molecule has 8 heteroatoms. The average molecular weight is 350 g/mol. The summed E-state index contributed by atoms with van der Waals surface area (Å²) in [5, 5.41) is 24.1. The van der Waals surface area contributed by atoms with Gasteiger partial charge in [0.05, 0.1) is 4.92 Å². The van der Waals surface area contributed by atoms with Gasteiger partial charge in [0, 0.05) is 16.4 Å². The van der Waals surface area contributed by atoms with Crippen LogP contribution in [-0.2, 0) is 6.54 Å². The summed E-state index contributed by atoms with van der Waals surface area (Å²) in [6.45, 7) is 8.64. The number of aromatic amines is 1. The van der Waals surface area contributed by atoms with Gasteiger partial charge in [0.25, 0.3) is 0 Å². The number of nitrogens with one attached hydrogen (secondary N) is 2. The van der Waals surface area contributed by atoms with E-state index < -0.39 is 11.0 Å². The summed E-state index contributed by atoms with van der Waals surface area (Å²) >= 11 is 3.60. The van der Waals surface area contributed by atoms with E-state index >= 15 is 0 Å². The molecule has 0 aromatic carbocycles. The van der Waals surface area contributed by atoms with E-state index in [1.54, 1.807) is 6.20 Å². The number of aromatic nitrogens is 2. The molecule has 7 nitrogen and oxygen atoms in total. The van der Waals surface area contributed by atoms with Gasteiger partial charge in [0.2, 0.25) is 0 Å². The molecule has 0 saturated carbocycles. The van der Waals surface area contributed by atoms with Gasteiger partial charge in [0.15, 0.2) is 12.4 Å². The van der Waals surface area contributed by atoms with Gasteiger partial charge in [-0.05, 0) is 27.7 Å². The second kappa shape index (κ2) is 6.19. The van der Waals surface area contributed by atoms with Crippen LogP contribution in [0.3, 0.4) is 0 Å². The summed E-state index contributed by atoms with van der Waals surface area (Å²) < 4.78 is 1.24. The molecule has 0 aliphatic carbocycles. The zero-order valence-electron chi connectivity index (χ0n) is 12.2. The van der Waals surface area contributed by atoms with E-state index in [0.29, 0.717) is 6.54 Å². The summed E-state index contributed by atoms with van der Waals surface area (Å²) in [4.78, 5) is 12.8. The van der Waals surface area contributed by atoms with Crippen molar-refractivity contribution in [2.75, 3.05) is 6.54 Å². The van der Waals surface area contributed by atoms with E-state index in [1.807, 2.05) is 27.7 Å². The van der Waals surface area contributed by atoms with Crippen LogP contribution in [0, 0.1) is 10.1 Å². The monoisotopic (exact) mass is 349 g/mol. The molecular formula is C12H22BrN4O3+.